The molecule has 2 heterocycles. The Hall–Kier alpha value is -3.31. The normalized spacial score (nSPS) is 18.3. The van der Waals surface area contributed by atoms with E-state index in [0.29, 0.717) is 10.1 Å². The van der Waals surface area contributed by atoms with Gasteiger partial charge in [-0.2, -0.15) is 4.99 Å². The second kappa shape index (κ2) is 8.56. The lowest BCUT2D eigenvalue weighted by Crippen LogP contribution is -2.34. The van der Waals surface area contributed by atoms with Crippen molar-refractivity contribution in [2.45, 2.75) is 25.7 Å². The number of carbonyl (C=O) groups is 1. The van der Waals surface area contributed by atoms with Crippen molar-refractivity contribution in [2.24, 2.45) is 4.99 Å². The molecular formula is C28H27N3OS. The molecule has 1 amide bonds. The summed E-state index contributed by atoms with van der Waals surface area (Å²) in [5, 5.41) is 0.668. The van der Waals surface area contributed by atoms with Crippen LogP contribution >= 0.6 is 11.8 Å². The maximum Gasteiger partial charge on any atom is 0.286 e. The number of para-hydroxylation sites is 2. The van der Waals surface area contributed by atoms with Crippen LogP contribution in [0, 0.1) is 0 Å². The number of aliphatic imine (C=N–C) groups is 1. The molecule has 0 aliphatic carbocycles. The van der Waals surface area contributed by atoms with Crippen molar-refractivity contribution < 1.29 is 4.79 Å². The first-order valence-corrected chi connectivity index (χ1v) is 12.0. The molecule has 0 unspecified atom stereocenters. The van der Waals surface area contributed by atoms with Gasteiger partial charge in [0.25, 0.3) is 5.91 Å². The fourth-order valence-electron chi connectivity index (χ4n) is 4.39. The van der Waals surface area contributed by atoms with Gasteiger partial charge < -0.3 is 4.90 Å². The van der Waals surface area contributed by atoms with Crippen LogP contribution in [0.5, 0.6) is 0 Å². The first kappa shape index (κ1) is 21.5. The monoisotopic (exact) mass is 453 g/mol. The lowest BCUT2D eigenvalue weighted by molar-refractivity contribution is -0.113. The van der Waals surface area contributed by atoms with Crippen LogP contribution in [0.1, 0.15) is 31.4 Å². The fourth-order valence-corrected chi connectivity index (χ4v) is 5.35. The number of amides is 1. The summed E-state index contributed by atoms with van der Waals surface area (Å²) in [5.74, 6) is -0.194. The second-order valence-corrected chi connectivity index (χ2v) is 10.2. The molecule has 166 valence electrons. The van der Waals surface area contributed by atoms with E-state index in [4.69, 9.17) is 0 Å². The van der Waals surface area contributed by atoms with Gasteiger partial charge in [0.1, 0.15) is 0 Å². The molecule has 0 bridgehead atoms. The number of carbonyl (C=O) groups excluding carboxylic acids is 1. The summed E-state index contributed by atoms with van der Waals surface area (Å²) in [5.41, 5.74) is 5.70. The van der Waals surface area contributed by atoms with Gasteiger partial charge in [-0.1, -0.05) is 56.3 Å². The molecule has 2 aliphatic rings. The molecule has 0 radical (unpaired) electrons. The van der Waals surface area contributed by atoms with Gasteiger partial charge in [-0.15, -0.1) is 0 Å². The average Bonchev–Trinajstić information content (AvgIpc) is 3.18. The molecule has 0 atom stereocenters. The number of anilines is 3. The van der Waals surface area contributed by atoms with Crippen LogP contribution in [-0.2, 0) is 10.2 Å². The van der Waals surface area contributed by atoms with Crippen molar-refractivity contribution in [1.29, 1.82) is 0 Å². The summed E-state index contributed by atoms with van der Waals surface area (Å²) < 4.78 is 0. The molecule has 33 heavy (non-hydrogen) atoms. The number of thioether (sulfide) groups is 1. The van der Waals surface area contributed by atoms with Gasteiger partial charge in [0.15, 0.2) is 5.17 Å². The molecule has 0 saturated carbocycles. The van der Waals surface area contributed by atoms with Gasteiger partial charge in [-0.3, -0.25) is 9.69 Å². The maximum absolute atomic E-state index is 12.9. The van der Waals surface area contributed by atoms with Gasteiger partial charge >= 0.3 is 0 Å². The summed E-state index contributed by atoms with van der Waals surface area (Å²) in [6.45, 7) is 5.65. The van der Waals surface area contributed by atoms with Crippen LogP contribution in [-0.4, -0.2) is 24.7 Å². The van der Waals surface area contributed by atoms with Gasteiger partial charge in [-0.25, -0.2) is 0 Å². The first-order valence-electron chi connectivity index (χ1n) is 11.2. The zero-order valence-corrected chi connectivity index (χ0v) is 20.0. The SMILES string of the molecule is CN1CCC(C)(C)c2cc(/C=C3/SC(N(c4ccccc4)c4ccccc4)=NC3=O)ccc21. The van der Waals surface area contributed by atoms with Gasteiger partial charge in [0, 0.05) is 30.7 Å². The third-order valence-corrected chi connectivity index (χ3v) is 7.33. The van der Waals surface area contributed by atoms with E-state index >= 15 is 0 Å². The molecule has 4 nitrogen and oxygen atoms in total. The molecule has 2 aliphatic heterocycles. The Morgan fingerprint density at radius 2 is 1.61 bits per heavy atom. The lowest BCUT2D eigenvalue weighted by atomic mass is 9.77. The van der Waals surface area contributed by atoms with Crippen LogP contribution in [0.25, 0.3) is 6.08 Å². The molecular weight excluding hydrogens is 426 g/mol. The first-order chi connectivity index (χ1) is 15.9. The van der Waals surface area contributed by atoms with Crippen molar-refractivity contribution in [3.63, 3.8) is 0 Å². The van der Waals surface area contributed by atoms with E-state index in [-0.39, 0.29) is 11.3 Å². The Morgan fingerprint density at radius 1 is 0.970 bits per heavy atom. The predicted molar refractivity (Wildman–Crippen MR) is 140 cm³/mol. The van der Waals surface area contributed by atoms with Crippen LogP contribution in [0.3, 0.4) is 0 Å². The minimum Gasteiger partial charge on any atom is -0.374 e. The summed E-state index contributed by atoms with van der Waals surface area (Å²) in [7, 11) is 2.14. The minimum absolute atomic E-state index is 0.113. The topological polar surface area (TPSA) is 35.9 Å². The summed E-state index contributed by atoms with van der Waals surface area (Å²) in [6, 6.07) is 26.6. The van der Waals surface area contributed by atoms with Crippen LogP contribution in [0.15, 0.2) is 88.8 Å². The highest BCUT2D eigenvalue weighted by Crippen LogP contribution is 2.41. The standard InChI is InChI=1S/C28H27N3OS/c1-28(2)16-17-30(3)24-15-14-20(18-23(24)28)19-25-26(32)29-27(33-25)31(21-10-6-4-7-11-21)22-12-8-5-9-13-22/h4-15,18-19H,16-17H2,1-3H3/b25-19+. The molecule has 0 N–H and O–H groups in total. The zero-order valence-electron chi connectivity index (χ0n) is 19.2. The van der Waals surface area contributed by atoms with Crippen LogP contribution in [0.4, 0.5) is 17.1 Å². The van der Waals surface area contributed by atoms with Crippen LogP contribution in [0.2, 0.25) is 0 Å². The van der Waals surface area contributed by atoms with Crippen molar-refractivity contribution >= 4 is 46.0 Å². The van der Waals surface area contributed by atoms with Gasteiger partial charge in [-0.05, 0) is 77.2 Å². The Labute approximate surface area is 199 Å². The van der Waals surface area contributed by atoms with E-state index in [1.165, 1.54) is 23.0 Å². The number of amidine groups is 1. The largest absolute Gasteiger partial charge is 0.374 e. The van der Waals surface area contributed by atoms with Gasteiger partial charge in [0.2, 0.25) is 0 Å². The minimum atomic E-state index is -0.194. The molecule has 5 heteroatoms. The number of hydrogen-bond donors (Lipinski definition) is 0. The summed E-state index contributed by atoms with van der Waals surface area (Å²) >= 11 is 1.43. The number of hydrogen-bond acceptors (Lipinski definition) is 4. The van der Waals surface area contributed by atoms with E-state index in [9.17, 15) is 4.79 Å². The van der Waals surface area contributed by atoms with E-state index in [0.717, 1.165) is 29.9 Å². The van der Waals surface area contributed by atoms with Gasteiger partial charge in [0.05, 0.1) is 4.91 Å². The molecule has 5 rings (SSSR count). The highest BCUT2D eigenvalue weighted by Gasteiger charge is 2.31. The quantitative estimate of drug-likeness (QED) is 0.418. The molecule has 0 spiro atoms. The third kappa shape index (κ3) is 4.21. The number of nitrogens with zero attached hydrogens (tertiary/aromatic N) is 3. The van der Waals surface area contributed by atoms with E-state index < -0.39 is 0 Å². The van der Waals surface area contributed by atoms with E-state index in [1.54, 1.807) is 0 Å². The van der Waals surface area contributed by atoms with Crippen LogP contribution < -0.4 is 9.80 Å². The highest BCUT2D eigenvalue weighted by molar-refractivity contribution is 8.18. The van der Waals surface area contributed by atoms with E-state index in [2.05, 4.69) is 49.0 Å². The predicted octanol–water partition coefficient (Wildman–Crippen LogP) is 6.61. The average molecular weight is 454 g/mol. The Bertz CT molecular complexity index is 1210. The van der Waals surface area contributed by atoms with Crippen molar-refractivity contribution in [2.75, 3.05) is 23.4 Å². The summed E-state index contributed by atoms with van der Waals surface area (Å²) in [4.78, 5) is 22.3. The third-order valence-electron chi connectivity index (χ3n) is 6.36. The smallest absolute Gasteiger partial charge is 0.286 e. The molecule has 3 aromatic carbocycles. The zero-order chi connectivity index (χ0) is 23.0. The van der Waals surface area contributed by atoms with Crippen molar-refractivity contribution in [1.82, 2.24) is 0 Å². The molecule has 0 saturated heterocycles. The Balaban J connectivity index is 1.48. The fraction of sp³-hybridized carbons (Fsp3) is 0.214. The lowest BCUT2D eigenvalue weighted by Gasteiger charge is -2.38. The molecule has 0 aromatic heterocycles. The number of rotatable bonds is 3. The van der Waals surface area contributed by atoms with Crippen molar-refractivity contribution in [3.8, 4) is 0 Å². The number of benzene rings is 3. The highest BCUT2D eigenvalue weighted by atomic mass is 32.2. The second-order valence-electron chi connectivity index (χ2n) is 9.15. The Morgan fingerprint density at radius 3 is 2.24 bits per heavy atom. The summed E-state index contributed by atoms with van der Waals surface area (Å²) in [6.07, 6.45) is 3.09. The Kier molecular flexibility index (Phi) is 5.59. The van der Waals surface area contributed by atoms with Crippen molar-refractivity contribution in [3.05, 3.63) is 94.9 Å². The number of fused-ring (bicyclic) bond motifs is 1. The molecule has 3 aromatic rings. The van der Waals surface area contributed by atoms with E-state index in [1.807, 2.05) is 71.6 Å². The maximum atomic E-state index is 12.9. The molecule has 0 fully saturated rings.